The molecule has 1 heterocycles. The first kappa shape index (κ1) is 19.2. The van der Waals surface area contributed by atoms with Gasteiger partial charge in [0.05, 0.1) is 19.4 Å². The topological polar surface area (TPSA) is 40.6 Å². The Kier molecular flexibility index (Phi) is 5.66. The van der Waals surface area contributed by atoms with Crippen LogP contribution in [0.4, 0.5) is 0 Å². The number of ether oxygens (including phenoxy) is 3. The minimum atomic E-state index is -0.151. The average molecular weight is 365 g/mol. The molecule has 4 heteroatoms. The van der Waals surface area contributed by atoms with Crippen molar-refractivity contribution in [2.45, 2.75) is 26.2 Å². The third-order valence-corrected chi connectivity index (χ3v) is 4.48. The highest BCUT2D eigenvalue weighted by Crippen LogP contribution is 2.41. The standard InChI is InChI=1S/C23H27NO3/c1-23(2,3)21-20(16-9-7-6-8-10-16)19-15-17(26-5)11-12-18(19)22(24-21)27-14-13-25-4/h6-12,15H,13-14H2,1-5H3. The highest BCUT2D eigenvalue weighted by Gasteiger charge is 2.25. The van der Waals surface area contributed by atoms with Crippen LogP contribution in [0.3, 0.4) is 0 Å². The van der Waals surface area contributed by atoms with Crippen molar-refractivity contribution in [1.82, 2.24) is 4.98 Å². The highest BCUT2D eigenvalue weighted by molar-refractivity contribution is 6.01. The van der Waals surface area contributed by atoms with Gasteiger partial charge >= 0.3 is 0 Å². The molecule has 0 spiro atoms. The second-order valence-electron chi connectivity index (χ2n) is 7.51. The Balaban J connectivity index is 2.34. The van der Waals surface area contributed by atoms with Gasteiger partial charge in [-0.3, -0.25) is 0 Å². The zero-order valence-electron chi connectivity index (χ0n) is 16.7. The number of pyridine rings is 1. The molecule has 2 aromatic carbocycles. The Morgan fingerprint density at radius 2 is 1.63 bits per heavy atom. The van der Waals surface area contributed by atoms with Gasteiger partial charge in [0.25, 0.3) is 0 Å². The lowest BCUT2D eigenvalue weighted by atomic mass is 9.84. The molecule has 0 saturated carbocycles. The van der Waals surface area contributed by atoms with Crippen LogP contribution in [0.5, 0.6) is 11.6 Å². The summed E-state index contributed by atoms with van der Waals surface area (Å²) < 4.78 is 16.6. The summed E-state index contributed by atoms with van der Waals surface area (Å²) in [4.78, 5) is 4.96. The van der Waals surface area contributed by atoms with Crippen LogP contribution in [0.15, 0.2) is 48.5 Å². The molecule has 3 rings (SSSR count). The van der Waals surface area contributed by atoms with Crippen molar-refractivity contribution in [2.75, 3.05) is 27.4 Å². The van der Waals surface area contributed by atoms with Gasteiger partial charge in [0.1, 0.15) is 12.4 Å². The van der Waals surface area contributed by atoms with Gasteiger partial charge in [0.2, 0.25) is 5.88 Å². The Hall–Kier alpha value is -2.59. The molecule has 0 fully saturated rings. The number of methoxy groups -OCH3 is 2. The molecule has 0 amide bonds. The minimum absolute atomic E-state index is 0.151. The summed E-state index contributed by atoms with van der Waals surface area (Å²) in [6.45, 7) is 7.50. The zero-order valence-corrected chi connectivity index (χ0v) is 16.7. The van der Waals surface area contributed by atoms with Crippen molar-refractivity contribution in [1.29, 1.82) is 0 Å². The van der Waals surface area contributed by atoms with Crippen molar-refractivity contribution >= 4 is 10.8 Å². The summed E-state index contributed by atoms with van der Waals surface area (Å²) in [7, 11) is 3.35. The molecule has 4 nitrogen and oxygen atoms in total. The third kappa shape index (κ3) is 4.06. The molecule has 0 unspecified atom stereocenters. The maximum absolute atomic E-state index is 5.98. The maximum atomic E-state index is 5.98. The first-order valence-corrected chi connectivity index (χ1v) is 9.15. The quantitative estimate of drug-likeness (QED) is 0.561. The van der Waals surface area contributed by atoms with E-state index in [-0.39, 0.29) is 5.41 Å². The average Bonchev–Trinajstić information content (AvgIpc) is 2.67. The molecular formula is C23H27NO3. The van der Waals surface area contributed by atoms with Crippen molar-refractivity contribution in [2.24, 2.45) is 0 Å². The molecule has 0 bridgehead atoms. The van der Waals surface area contributed by atoms with Gasteiger partial charge in [-0.05, 0) is 23.8 Å². The number of hydrogen-bond acceptors (Lipinski definition) is 4. The second-order valence-corrected chi connectivity index (χ2v) is 7.51. The van der Waals surface area contributed by atoms with E-state index in [2.05, 4.69) is 51.1 Å². The van der Waals surface area contributed by atoms with Gasteiger partial charge in [-0.15, -0.1) is 0 Å². The summed E-state index contributed by atoms with van der Waals surface area (Å²) in [6.07, 6.45) is 0. The van der Waals surface area contributed by atoms with Crippen molar-refractivity contribution in [3.8, 4) is 22.8 Å². The van der Waals surface area contributed by atoms with Crippen molar-refractivity contribution < 1.29 is 14.2 Å². The number of rotatable bonds is 6. The van der Waals surface area contributed by atoms with Crippen LogP contribution in [0.2, 0.25) is 0 Å². The van der Waals surface area contributed by atoms with Crippen LogP contribution in [0.1, 0.15) is 26.5 Å². The molecule has 1 aromatic heterocycles. The van der Waals surface area contributed by atoms with Gasteiger partial charge in [-0.1, -0.05) is 51.1 Å². The molecule has 142 valence electrons. The van der Waals surface area contributed by atoms with Crippen molar-refractivity contribution in [3.05, 3.63) is 54.2 Å². The number of fused-ring (bicyclic) bond motifs is 1. The first-order chi connectivity index (χ1) is 13.0. The molecular weight excluding hydrogens is 338 g/mol. The van der Waals surface area contributed by atoms with Crippen LogP contribution in [-0.2, 0) is 10.2 Å². The maximum Gasteiger partial charge on any atom is 0.221 e. The van der Waals surface area contributed by atoms with E-state index in [9.17, 15) is 0 Å². The molecule has 0 aliphatic rings. The lowest BCUT2D eigenvalue weighted by molar-refractivity contribution is 0.144. The Morgan fingerprint density at radius 3 is 2.26 bits per heavy atom. The number of aromatic nitrogens is 1. The molecule has 0 N–H and O–H groups in total. The van der Waals surface area contributed by atoms with E-state index in [1.54, 1.807) is 14.2 Å². The van der Waals surface area contributed by atoms with Crippen LogP contribution in [-0.4, -0.2) is 32.4 Å². The monoisotopic (exact) mass is 365 g/mol. The summed E-state index contributed by atoms with van der Waals surface area (Å²) in [5, 5.41) is 2.05. The Labute approximate surface area is 161 Å². The lowest BCUT2D eigenvalue weighted by Gasteiger charge is -2.25. The molecule has 3 aromatic rings. The smallest absolute Gasteiger partial charge is 0.221 e. The largest absolute Gasteiger partial charge is 0.497 e. The van der Waals surface area contributed by atoms with Crippen LogP contribution >= 0.6 is 0 Å². The van der Waals surface area contributed by atoms with Crippen molar-refractivity contribution in [3.63, 3.8) is 0 Å². The second kappa shape index (κ2) is 7.97. The molecule has 27 heavy (non-hydrogen) atoms. The Morgan fingerprint density at radius 1 is 0.889 bits per heavy atom. The summed E-state index contributed by atoms with van der Waals surface area (Å²) >= 11 is 0. The predicted octanol–water partition coefficient (Wildman–Crippen LogP) is 5.23. The zero-order chi connectivity index (χ0) is 19.4. The van der Waals surface area contributed by atoms with E-state index in [4.69, 9.17) is 19.2 Å². The number of nitrogens with zero attached hydrogens (tertiary/aromatic N) is 1. The first-order valence-electron chi connectivity index (χ1n) is 9.15. The lowest BCUT2D eigenvalue weighted by Crippen LogP contribution is -2.17. The fourth-order valence-corrected chi connectivity index (χ4v) is 3.16. The Bertz CT molecular complexity index is 914. The van der Waals surface area contributed by atoms with E-state index in [1.807, 2.05) is 18.2 Å². The van der Waals surface area contributed by atoms with Gasteiger partial charge in [0, 0.05) is 28.9 Å². The van der Waals surface area contributed by atoms with Crippen LogP contribution < -0.4 is 9.47 Å². The SMILES string of the molecule is COCCOc1nc(C(C)(C)C)c(-c2ccccc2)c2cc(OC)ccc12. The van der Waals surface area contributed by atoms with Gasteiger partial charge in [-0.2, -0.15) is 0 Å². The molecule has 0 saturated heterocycles. The van der Waals surface area contributed by atoms with Crippen LogP contribution in [0.25, 0.3) is 21.9 Å². The molecule has 0 atom stereocenters. The normalized spacial score (nSPS) is 11.6. The van der Waals surface area contributed by atoms with E-state index >= 15 is 0 Å². The highest BCUT2D eigenvalue weighted by atomic mass is 16.5. The van der Waals surface area contributed by atoms with Gasteiger partial charge in [0.15, 0.2) is 0 Å². The van der Waals surface area contributed by atoms with E-state index in [0.717, 1.165) is 33.3 Å². The van der Waals surface area contributed by atoms with Crippen LogP contribution in [0, 0.1) is 0 Å². The number of hydrogen-bond donors (Lipinski definition) is 0. The molecule has 0 aliphatic carbocycles. The van der Waals surface area contributed by atoms with Gasteiger partial charge < -0.3 is 14.2 Å². The molecule has 0 radical (unpaired) electrons. The predicted molar refractivity (Wildman–Crippen MR) is 110 cm³/mol. The summed E-state index contributed by atoms with van der Waals surface area (Å²) in [5.41, 5.74) is 3.11. The fourth-order valence-electron chi connectivity index (χ4n) is 3.16. The molecule has 0 aliphatic heterocycles. The summed E-state index contributed by atoms with van der Waals surface area (Å²) in [5.74, 6) is 1.45. The number of benzene rings is 2. The van der Waals surface area contributed by atoms with E-state index in [1.165, 1.54) is 0 Å². The summed E-state index contributed by atoms with van der Waals surface area (Å²) in [6, 6.07) is 16.4. The fraction of sp³-hybridized carbons (Fsp3) is 0.348. The van der Waals surface area contributed by atoms with E-state index < -0.39 is 0 Å². The minimum Gasteiger partial charge on any atom is -0.497 e. The van der Waals surface area contributed by atoms with Gasteiger partial charge in [-0.25, -0.2) is 4.98 Å². The van der Waals surface area contributed by atoms with E-state index in [0.29, 0.717) is 19.1 Å². The third-order valence-electron chi connectivity index (χ3n) is 4.48.